The van der Waals surface area contributed by atoms with E-state index in [0.29, 0.717) is 25.9 Å². The fraction of sp³-hybridized carbons (Fsp3) is 0.347. The van der Waals surface area contributed by atoms with Crippen LogP contribution < -0.4 is 4.90 Å². The SMILES string of the molecule is CC(C)(C)c1ccc(CN2CC(Cc3cccc4ccccc34)(Cc3cccc4ccccc34)C(=O)c3c2nc(C(C)(C)C)c2c3CCCC2)cc1. The van der Waals surface area contributed by atoms with E-state index in [4.69, 9.17) is 4.98 Å². The first-order chi connectivity index (χ1) is 24.9. The Morgan fingerprint density at radius 2 is 1.17 bits per heavy atom. The van der Waals surface area contributed by atoms with Crippen molar-refractivity contribution in [2.75, 3.05) is 11.4 Å². The smallest absolute Gasteiger partial charge is 0.175 e. The van der Waals surface area contributed by atoms with Gasteiger partial charge in [-0.15, -0.1) is 0 Å². The second kappa shape index (κ2) is 13.0. The summed E-state index contributed by atoms with van der Waals surface area (Å²) in [5, 5.41) is 4.89. The maximum absolute atomic E-state index is 15.9. The van der Waals surface area contributed by atoms with Crippen molar-refractivity contribution in [2.45, 2.75) is 97.4 Å². The summed E-state index contributed by atoms with van der Waals surface area (Å²) in [7, 11) is 0. The molecule has 0 fully saturated rings. The molecule has 5 aromatic carbocycles. The Bertz CT molecular complexity index is 2210. The second-order valence-corrected chi connectivity index (χ2v) is 17.6. The van der Waals surface area contributed by atoms with Crippen LogP contribution in [0.4, 0.5) is 5.82 Å². The number of pyridine rings is 1. The first kappa shape index (κ1) is 34.3. The van der Waals surface area contributed by atoms with Crippen molar-refractivity contribution in [3.63, 3.8) is 0 Å². The highest BCUT2D eigenvalue weighted by Crippen LogP contribution is 2.47. The molecule has 1 aliphatic carbocycles. The van der Waals surface area contributed by atoms with E-state index in [0.717, 1.165) is 42.8 Å². The van der Waals surface area contributed by atoms with Crippen LogP contribution >= 0.6 is 0 Å². The lowest BCUT2D eigenvalue weighted by Crippen LogP contribution is -2.52. The lowest BCUT2D eigenvalue weighted by molar-refractivity contribution is 0.0780. The van der Waals surface area contributed by atoms with Gasteiger partial charge in [0.2, 0.25) is 0 Å². The Hall–Kier alpha value is -4.76. The molecule has 0 saturated carbocycles. The molecule has 264 valence electrons. The summed E-state index contributed by atoms with van der Waals surface area (Å²) in [5.41, 5.74) is 8.93. The van der Waals surface area contributed by atoms with Crippen LogP contribution in [0, 0.1) is 5.41 Å². The van der Waals surface area contributed by atoms with E-state index in [2.05, 4.69) is 156 Å². The van der Waals surface area contributed by atoms with E-state index >= 15 is 4.79 Å². The molecule has 6 aromatic rings. The number of hydrogen-bond donors (Lipinski definition) is 0. The van der Waals surface area contributed by atoms with Gasteiger partial charge in [-0.05, 0) is 98.9 Å². The van der Waals surface area contributed by atoms with Crippen molar-refractivity contribution in [3.05, 3.63) is 154 Å². The molecule has 1 aliphatic heterocycles. The number of fused-ring (bicyclic) bond motifs is 5. The van der Waals surface area contributed by atoms with Crippen LogP contribution in [0.5, 0.6) is 0 Å². The number of carbonyl (C=O) groups excluding carboxylic acids is 1. The third-order valence-corrected chi connectivity index (χ3v) is 11.7. The molecule has 0 unspecified atom stereocenters. The van der Waals surface area contributed by atoms with Crippen LogP contribution in [-0.4, -0.2) is 17.3 Å². The minimum Gasteiger partial charge on any atom is -0.351 e. The molecule has 52 heavy (non-hydrogen) atoms. The second-order valence-electron chi connectivity index (χ2n) is 17.6. The average Bonchev–Trinajstić information content (AvgIpc) is 3.13. The predicted octanol–water partition coefficient (Wildman–Crippen LogP) is 11.5. The predicted molar refractivity (Wildman–Crippen MR) is 218 cm³/mol. The Labute approximate surface area is 310 Å². The van der Waals surface area contributed by atoms with Gasteiger partial charge in [0.05, 0.1) is 16.7 Å². The minimum absolute atomic E-state index is 0.0803. The zero-order chi connectivity index (χ0) is 36.3. The summed E-state index contributed by atoms with van der Waals surface area (Å²) < 4.78 is 0. The summed E-state index contributed by atoms with van der Waals surface area (Å²) in [6.07, 6.45) is 5.49. The third kappa shape index (κ3) is 6.23. The number of nitrogens with zero attached hydrogens (tertiary/aromatic N) is 2. The third-order valence-electron chi connectivity index (χ3n) is 11.7. The van der Waals surface area contributed by atoms with E-state index in [-0.39, 0.29) is 16.6 Å². The Kier molecular flexibility index (Phi) is 8.60. The fourth-order valence-electron chi connectivity index (χ4n) is 9.09. The standard InChI is InChI=1S/C49H52N2O/c1-47(2,3)38-27-25-33(26-28-38)31-51-32-49(29-36-19-13-17-34-15-7-9-21-39(34)36,30-37-20-14-18-35-16-8-10-22-40(35)37)45(52)43-41-23-11-12-24-42(41)44(48(4,5)6)50-46(43)51/h7-10,13-22,25-28H,11-12,23-24,29-32H2,1-6H3. The molecule has 0 saturated heterocycles. The van der Waals surface area contributed by atoms with Crippen molar-refractivity contribution < 1.29 is 4.79 Å². The highest BCUT2D eigenvalue weighted by molar-refractivity contribution is 6.09. The lowest BCUT2D eigenvalue weighted by atomic mass is 9.66. The number of aromatic nitrogens is 1. The van der Waals surface area contributed by atoms with Crippen LogP contribution in [0.25, 0.3) is 21.5 Å². The van der Waals surface area contributed by atoms with Crippen molar-refractivity contribution in [1.82, 2.24) is 4.98 Å². The first-order valence-corrected chi connectivity index (χ1v) is 19.3. The summed E-state index contributed by atoms with van der Waals surface area (Å²) in [6.45, 7) is 14.9. The van der Waals surface area contributed by atoms with Gasteiger partial charge in [-0.1, -0.05) is 151 Å². The van der Waals surface area contributed by atoms with Gasteiger partial charge in [0, 0.05) is 18.5 Å². The number of rotatable bonds is 6. The highest BCUT2D eigenvalue weighted by Gasteiger charge is 2.49. The molecular weight excluding hydrogens is 633 g/mol. The zero-order valence-corrected chi connectivity index (χ0v) is 31.9. The molecule has 3 nitrogen and oxygen atoms in total. The van der Waals surface area contributed by atoms with Crippen LogP contribution in [0.1, 0.15) is 104 Å². The Morgan fingerprint density at radius 3 is 1.73 bits per heavy atom. The molecule has 0 radical (unpaired) electrons. The van der Waals surface area contributed by atoms with Crippen LogP contribution in [0.15, 0.2) is 109 Å². The summed E-state index contributed by atoms with van der Waals surface area (Å²) >= 11 is 0. The van der Waals surface area contributed by atoms with Gasteiger partial charge in [0.25, 0.3) is 0 Å². The molecule has 0 bridgehead atoms. The minimum atomic E-state index is -0.706. The zero-order valence-electron chi connectivity index (χ0n) is 31.9. The Morgan fingerprint density at radius 1 is 0.635 bits per heavy atom. The van der Waals surface area contributed by atoms with Gasteiger partial charge in [-0.3, -0.25) is 4.79 Å². The maximum atomic E-state index is 15.9. The molecule has 0 spiro atoms. The van der Waals surface area contributed by atoms with Crippen molar-refractivity contribution in [1.29, 1.82) is 0 Å². The number of Topliss-reactive ketones (excluding diaryl/α,β-unsaturated/α-hetero) is 1. The molecule has 0 N–H and O–H groups in total. The molecule has 2 heterocycles. The van der Waals surface area contributed by atoms with Gasteiger partial charge in [0.15, 0.2) is 5.78 Å². The molecule has 8 rings (SSSR count). The fourth-order valence-corrected chi connectivity index (χ4v) is 9.09. The highest BCUT2D eigenvalue weighted by atomic mass is 16.1. The number of hydrogen-bond acceptors (Lipinski definition) is 3. The van der Waals surface area contributed by atoms with Crippen LogP contribution in [-0.2, 0) is 43.1 Å². The van der Waals surface area contributed by atoms with E-state index in [1.807, 2.05) is 0 Å². The average molecular weight is 685 g/mol. The Balaban J connectivity index is 1.36. The number of carbonyl (C=O) groups is 1. The molecular formula is C49H52N2O. The summed E-state index contributed by atoms with van der Waals surface area (Å²) in [4.78, 5) is 24.0. The largest absolute Gasteiger partial charge is 0.351 e. The normalized spacial score (nSPS) is 15.9. The number of ketones is 1. The first-order valence-electron chi connectivity index (χ1n) is 19.3. The lowest BCUT2D eigenvalue weighted by Gasteiger charge is -2.45. The van der Waals surface area contributed by atoms with E-state index in [1.165, 1.54) is 54.9 Å². The molecule has 0 atom stereocenters. The molecule has 2 aliphatic rings. The molecule has 3 heteroatoms. The van der Waals surface area contributed by atoms with E-state index in [9.17, 15) is 0 Å². The number of anilines is 1. The van der Waals surface area contributed by atoms with Crippen molar-refractivity contribution >= 4 is 33.1 Å². The van der Waals surface area contributed by atoms with Crippen LogP contribution in [0.2, 0.25) is 0 Å². The molecule has 0 amide bonds. The summed E-state index contributed by atoms with van der Waals surface area (Å²) in [6, 6.07) is 39.7. The van der Waals surface area contributed by atoms with Gasteiger partial charge < -0.3 is 4.90 Å². The monoisotopic (exact) mass is 684 g/mol. The van der Waals surface area contributed by atoms with Gasteiger partial charge in [0.1, 0.15) is 5.82 Å². The topological polar surface area (TPSA) is 33.2 Å². The van der Waals surface area contributed by atoms with Crippen molar-refractivity contribution in [2.24, 2.45) is 5.41 Å². The van der Waals surface area contributed by atoms with Gasteiger partial charge in [-0.25, -0.2) is 4.98 Å². The van der Waals surface area contributed by atoms with E-state index < -0.39 is 5.41 Å². The van der Waals surface area contributed by atoms with Gasteiger partial charge in [-0.2, -0.15) is 0 Å². The van der Waals surface area contributed by atoms with Crippen LogP contribution in [0.3, 0.4) is 0 Å². The van der Waals surface area contributed by atoms with Crippen molar-refractivity contribution in [3.8, 4) is 0 Å². The van der Waals surface area contributed by atoms with E-state index in [1.54, 1.807) is 0 Å². The maximum Gasteiger partial charge on any atom is 0.175 e. The molecule has 1 aromatic heterocycles. The number of benzene rings is 5. The quantitative estimate of drug-likeness (QED) is 0.175. The summed E-state index contributed by atoms with van der Waals surface area (Å²) in [5.74, 6) is 1.16. The van der Waals surface area contributed by atoms with Gasteiger partial charge >= 0.3 is 0 Å².